The largest absolute Gasteiger partial charge is 0.307 e. The zero-order valence-corrected chi connectivity index (χ0v) is 16.8. The highest BCUT2D eigenvalue weighted by Gasteiger charge is 2.24. The molecule has 0 radical (unpaired) electrons. The number of aryl methyl sites for hydroxylation is 1. The predicted octanol–water partition coefficient (Wildman–Crippen LogP) is 4.81. The lowest BCUT2D eigenvalue weighted by Crippen LogP contribution is -2.23. The van der Waals surface area contributed by atoms with Gasteiger partial charge in [-0.3, -0.25) is 14.6 Å². The standard InChI is InChI=1S/C22H22ClN3O2/c1-3-4-20(27)18-7-13(2)17(11-24-18)16-8-15-10-25-21(23)9-19(15)26(22(16)28)12-14-5-6-14/h7-11,14H,3-6,12H2,1-2H3. The topological polar surface area (TPSA) is 64.8 Å². The Kier molecular flexibility index (Phi) is 5.02. The summed E-state index contributed by atoms with van der Waals surface area (Å²) in [6.45, 7) is 4.56. The molecule has 0 aliphatic heterocycles. The molecule has 0 atom stereocenters. The van der Waals surface area contributed by atoms with Crippen molar-refractivity contribution >= 4 is 28.3 Å². The molecule has 144 valence electrons. The van der Waals surface area contributed by atoms with Gasteiger partial charge in [-0.2, -0.15) is 0 Å². The number of Topliss-reactive ketones (excluding diaryl/α,β-unsaturated/α-hetero) is 1. The number of hydrogen-bond acceptors (Lipinski definition) is 4. The molecule has 0 unspecified atom stereocenters. The molecule has 0 N–H and O–H groups in total. The van der Waals surface area contributed by atoms with E-state index in [1.165, 1.54) is 0 Å². The number of ketones is 1. The number of rotatable bonds is 6. The zero-order chi connectivity index (χ0) is 19.8. The van der Waals surface area contributed by atoms with Crippen LogP contribution in [0.25, 0.3) is 22.0 Å². The summed E-state index contributed by atoms with van der Waals surface area (Å²) >= 11 is 6.08. The van der Waals surface area contributed by atoms with Crippen molar-refractivity contribution in [2.45, 2.75) is 46.1 Å². The molecule has 3 aromatic heterocycles. The number of carbonyl (C=O) groups is 1. The first kappa shape index (κ1) is 18.8. The van der Waals surface area contributed by atoms with Crippen LogP contribution in [-0.2, 0) is 6.54 Å². The third kappa shape index (κ3) is 3.59. The van der Waals surface area contributed by atoms with Crippen molar-refractivity contribution in [1.82, 2.24) is 14.5 Å². The van der Waals surface area contributed by atoms with Crippen molar-refractivity contribution in [3.8, 4) is 11.1 Å². The minimum Gasteiger partial charge on any atom is -0.307 e. The fourth-order valence-electron chi connectivity index (χ4n) is 3.53. The fourth-order valence-corrected chi connectivity index (χ4v) is 3.68. The van der Waals surface area contributed by atoms with Crippen LogP contribution >= 0.6 is 11.6 Å². The van der Waals surface area contributed by atoms with Crippen LogP contribution in [0.3, 0.4) is 0 Å². The van der Waals surface area contributed by atoms with Crippen LogP contribution in [0, 0.1) is 12.8 Å². The van der Waals surface area contributed by atoms with E-state index in [2.05, 4.69) is 9.97 Å². The highest BCUT2D eigenvalue weighted by Crippen LogP contribution is 2.32. The molecule has 0 spiro atoms. The number of halogens is 1. The molecule has 1 aliphatic carbocycles. The highest BCUT2D eigenvalue weighted by atomic mass is 35.5. The highest BCUT2D eigenvalue weighted by molar-refractivity contribution is 6.30. The van der Waals surface area contributed by atoms with Crippen LogP contribution in [-0.4, -0.2) is 20.3 Å². The maximum Gasteiger partial charge on any atom is 0.258 e. The molecule has 0 bridgehead atoms. The van der Waals surface area contributed by atoms with Crippen molar-refractivity contribution in [2.75, 3.05) is 0 Å². The summed E-state index contributed by atoms with van der Waals surface area (Å²) in [5, 5.41) is 1.24. The Morgan fingerprint density at radius 1 is 1.18 bits per heavy atom. The summed E-state index contributed by atoms with van der Waals surface area (Å²) in [6, 6.07) is 5.38. The maximum atomic E-state index is 13.3. The van der Waals surface area contributed by atoms with Crippen LogP contribution < -0.4 is 5.56 Å². The lowest BCUT2D eigenvalue weighted by molar-refractivity contribution is 0.0977. The Morgan fingerprint density at radius 2 is 1.96 bits per heavy atom. The summed E-state index contributed by atoms with van der Waals surface area (Å²) < 4.78 is 1.81. The monoisotopic (exact) mass is 395 g/mol. The third-order valence-corrected chi connectivity index (χ3v) is 5.45. The van der Waals surface area contributed by atoms with E-state index in [-0.39, 0.29) is 11.3 Å². The number of hydrogen-bond donors (Lipinski definition) is 0. The average molecular weight is 396 g/mol. The van der Waals surface area contributed by atoms with E-state index in [0.29, 0.717) is 35.3 Å². The second-order valence-electron chi connectivity index (χ2n) is 7.54. The van der Waals surface area contributed by atoms with Gasteiger partial charge in [-0.1, -0.05) is 18.5 Å². The molecule has 1 fully saturated rings. The van der Waals surface area contributed by atoms with Crippen molar-refractivity contribution in [3.05, 3.63) is 57.4 Å². The molecular weight excluding hydrogens is 374 g/mol. The van der Waals surface area contributed by atoms with E-state index in [4.69, 9.17) is 11.6 Å². The van der Waals surface area contributed by atoms with Gasteiger partial charge in [-0.15, -0.1) is 0 Å². The van der Waals surface area contributed by atoms with Gasteiger partial charge in [0.05, 0.1) is 5.52 Å². The van der Waals surface area contributed by atoms with Gasteiger partial charge in [0, 0.05) is 41.9 Å². The van der Waals surface area contributed by atoms with E-state index in [1.807, 2.05) is 24.5 Å². The summed E-state index contributed by atoms with van der Waals surface area (Å²) in [4.78, 5) is 34.0. The Labute approximate surface area is 168 Å². The van der Waals surface area contributed by atoms with E-state index in [9.17, 15) is 9.59 Å². The SMILES string of the molecule is CCCC(=O)c1cc(C)c(-c2cc3cnc(Cl)cc3n(CC3CC3)c2=O)cn1. The van der Waals surface area contributed by atoms with Gasteiger partial charge >= 0.3 is 0 Å². The smallest absolute Gasteiger partial charge is 0.258 e. The average Bonchev–Trinajstić information content (AvgIpc) is 3.49. The van der Waals surface area contributed by atoms with E-state index < -0.39 is 0 Å². The number of nitrogens with zero attached hydrogens (tertiary/aromatic N) is 3. The first-order valence-electron chi connectivity index (χ1n) is 9.67. The molecule has 1 saturated carbocycles. The minimum absolute atomic E-state index is 0.0284. The Bertz CT molecular complexity index is 1130. The van der Waals surface area contributed by atoms with Crippen LogP contribution in [0.5, 0.6) is 0 Å². The van der Waals surface area contributed by atoms with E-state index in [1.54, 1.807) is 24.5 Å². The summed E-state index contributed by atoms with van der Waals surface area (Å²) in [5.41, 5.74) is 3.40. The fraction of sp³-hybridized carbons (Fsp3) is 0.364. The van der Waals surface area contributed by atoms with Crippen LogP contribution in [0.4, 0.5) is 0 Å². The molecule has 28 heavy (non-hydrogen) atoms. The number of pyridine rings is 3. The summed E-state index contributed by atoms with van der Waals surface area (Å²) in [6.07, 6.45) is 6.89. The Morgan fingerprint density at radius 3 is 2.64 bits per heavy atom. The van der Waals surface area contributed by atoms with E-state index >= 15 is 0 Å². The minimum atomic E-state index is -0.0563. The van der Waals surface area contributed by atoms with Crippen LogP contribution in [0.15, 0.2) is 35.4 Å². The molecule has 0 amide bonds. The summed E-state index contributed by atoms with van der Waals surface area (Å²) in [7, 11) is 0. The summed E-state index contributed by atoms with van der Waals surface area (Å²) in [5.74, 6) is 0.567. The van der Waals surface area contributed by atoms with Crippen molar-refractivity contribution in [1.29, 1.82) is 0 Å². The Hall–Kier alpha value is -2.53. The quantitative estimate of drug-likeness (QED) is 0.443. The van der Waals surface area contributed by atoms with Crippen molar-refractivity contribution in [2.24, 2.45) is 5.92 Å². The lowest BCUT2D eigenvalue weighted by atomic mass is 10.0. The molecule has 5 nitrogen and oxygen atoms in total. The molecule has 4 rings (SSSR count). The number of aromatic nitrogens is 3. The number of fused-ring (bicyclic) bond motifs is 1. The maximum absolute atomic E-state index is 13.3. The van der Waals surface area contributed by atoms with Crippen LogP contribution in [0.2, 0.25) is 5.15 Å². The third-order valence-electron chi connectivity index (χ3n) is 5.25. The second kappa shape index (κ2) is 7.47. The first-order valence-corrected chi connectivity index (χ1v) is 10.0. The van der Waals surface area contributed by atoms with Gasteiger partial charge in [-0.05, 0) is 55.9 Å². The van der Waals surface area contributed by atoms with Gasteiger partial charge in [0.15, 0.2) is 5.78 Å². The molecule has 3 aromatic rings. The van der Waals surface area contributed by atoms with Gasteiger partial charge < -0.3 is 4.57 Å². The van der Waals surface area contributed by atoms with Gasteiger partial charge in [-0.25, -0.2) is 4.98 Å². The first-order chi connectivity index (χ1) is 13.5. The van der Waals surface area contributed by atoms with Crippen LogP contribution in [0.1, 0.15) is 48.7 Å². The van der Waals surface area contributed by atoms with Gasteiger partial charge in [0.1, 0.15) is 10.8 Å². The molecule has 3 heterocycles. The lowest BCUT2D eigenvalue weighted by Gasteiger charge is -2.14. The second-order valence-corrected chi connectivity index (χ2v) is 7.93. The van der Waals surface area contributed by atoms with Gasteiger partial charge in [0.2, 0.25) is 0 Å². The molecular formula is C22H22ClN3O2. The zero-order valence-electron chi connectivity index (χ0n) is 16.0. The number of carbonyl (C=O) groups excluding carboxylic acids is 1. The Balaban J connectivity index is 1.87. The molecule has 6 heteroatoms. The van der Waals surface area contributed by atoms with Crippen molar-refractivity contribution in [3.63, 3.8) is 0 Å². The predicted molar refractivity (Wildman–Crippen MR) is 111 cm³/mol. The molecule has 0 saturated heterocycles. The molecule has 0 aromatic carbocycles. The van der Waals surface area contributed by atoms with Gasteiger partial charge in [0.25, 0.3) is 5.56 Å². The van der Waals surface area contributed by atoms with E-state index in [0.717, 1.165) is 41.3 Å². The normalized spacial score (nSPS) is 13.8. The molecule has 1 aliphatic rings. The van der Waals surface area contributed by atoms with Crippen molar-refractivity contribution < 1.29 is 4.79 Å².